The van der Waals surface area contributed by atoms with Crippen LogP contribution in [0, 0.1) is 0 Å². The number of H-pyrrole nitrogens is 1. The van der Waals surface area contributed by atoms with Gasteiger partial charge < -0.3 is 24.9 Å². The summed E-state index contributed by atoms with van der Waals surface area (Å²) in [6.45, 7) is 0.155. The summed E-state index contributed by atoms with van der Waals surface area (Å²) in [6.07, 6.45) is 1.13. The van der Waals surface area contributed by atoms with Crippen LogP contribution in [0.5, 0.6) is 0 Å². The Bertz CT molecular complexity index is 1560. The fourth-order valence-electron chi connectivity index (χ4n) is 6.03. The van der Waals surface area contributed by atoms with Crippen molar-refractivity contribution in [3.63, 3.8) is 0 Å². The topological polar surface area (TPSA) is 128 Å². The number of benzene rings is 3. The molecule has 0 unspecified atom stereocenters. The standard InChI is InChI=1S/C31H31N5O4/c1-39-25-18-30(17-24(25)37,36-20-33-26-27(32)34-29(38)35-28(26)36)19-40-31(21-11-5-2-6-12-21,22-13-7-3-8-14-22)23-15-9-4-10-16-23/h2-16,20,24-25,37H,17-19H2,1H3,(H3,32,34,35,38)/t24-,25+,30+/m0/s1. The van der Waals surface area contributed by atoms with Gasteiger partial charge in [0.15, 0.2) is 5.65 Å². The number of ether oxygens (including phenoxy) is 2. The quantitative estimate of drug-likeness (QED) is 0.258. The van der Waals surface area contributed by atoms with Crippen molar-refractivity contribution in [2.75, 3.05) is 19.5 Å². The van der Waals surface area contributed by atoms with Crippen molar-refractivity contribution in [3.8, 4) is 0 Å². The third-order valence-electron chi connectivity index (χ3n) is 7.96. The van der Waals surface area contributed by atoms with Crippen LogP contribution in [0.1, 0.15) is 29.5 Å². The molecule has 40 heavy (non-hydrogen) atoms. The van der Waals surface area contributed by atoms with Crippen molar-refractivity contribution in [1.29, 1.82) is 0 Å². The molecule has 4 N–H and O–H groups in total. The molecule has 204 valence electrons. The number of aromatic nitrogens is 4. The highest BCUT2D eigenvalue weighted by molar-refractivity contribution is 5.81. The van der Waals surface area contributed by atoms with Crippen molar-refractivity contribution in [2.24, 2.45) is 0 Å². The van der Waals surface area contributed by atoms with E-state index in [2.05, 4.69) is 51.4 Å². The van der Waals surface area contributed by atoms with E-state index in [0.717, 1.165) is 16.7 Å². The fourth-order valence-corrected chi connectivity index (χ4v) is 6.03. The van der Waals surface area contributed by atoms with Crippen LogP contribution in [0.2, 0.25) is 0 Å². The zero-order chi connectivity index (χ0) is 27.7. The van der Waals surface area contributed by atoms with E-state index in [1.807, 2.05) is 59.2 Å². The number of nitrogens with zero attached hydrogens (tertiary/aromatic N) is 3. The summed E-state index contributed by atoms with van der Waals surface area (Å²) in [7, 11) is 1.58. The van der Waals surface area contributed by atoms with Crippen LogP contribution in [0.15, 0.2) is 102 Å². The van der Waals surface area contributed by atoms with Gasteiger partial charge in [-0.05, 0) is 16.7 Å². The van der Waals surface area contributed by atoms with Gasteiger partial charge in [-0.25, -0.2) is 9.78 Å². The number of imidazole rings is 1. The van der Waals surface area contributed by atoms with Crippen LogP contribution in [-0.2, 0) is 20.6 Å². The highest BCUT2D eigenvalue weighted by atomic mass is 16.5. The summed E-state index contributed by atoms with van der Waals surface area (Å²) >= 11 is 0. The lowest BCUT2D eigenvalue weighted by Crippen LogP contribution is -2.42. The number of nitrogens with one attached hydrogen (secondary N) is 1. The zero-order valence-electron chi connectivity index (χ0n) is 22.1. The second kappa shape index (κ2) is 10.3. The van der Waals surface area contributed by atoms with Crippen molar-refractivity contribution in [2.45, 2.75) is 36.2 Å². The van der Waals surface area contributed by atoms with E-state index in [4.69, 9.17) is 15.2 Å². The first-order chi connectivity index (χ1) is 19.5. The van der Waals surface area contributed by atoms with Crippen LogP contribution in [0.4, 0.5) is 5.82 Å². The second-order valence-corrected chi connectivity index (χ2v) is 10.3. The largest absolute Gasteiger partial charge is 0.390 e. The maximum atomic E-state index is 12.3. The third-order valence-corrected chi connectivity index (χ3v) is 7.96. The normalized spacial score (nSPS) is 21.1. The summed E-state index contributed by atoms with van der Waals surface area (Å²) in [4.78, 5) is 23.5. The molecular formula is C31H31N5O4. The maximum Gasteiger partial charge on any atom is 0.348 e. The number of hydrogen-bond donors (Lipinski definition) is 3. The number of anilines is 1. The predicted octanol–water partition coefficient (Wildman–Crippen LogP) is 3.58. The van der Waals surface area contributed by atoms with Crippen molar-refractivity contribution in [1.82, 2.24) is 19.5 Å². The molecule has 0 spiro atoms. The number of methoxy groups -OCH3 is 1. The van der Waals surface area contributed by atoms with Gasteiger partial charge in [0.2, 0.25) is 0 Å². The van der Waals surface area contributed by atoms with Gasteiger partial charge in [-0.15, -0.1) is 0 Å². The molecule has 0 amide bonds. The van der Waals surface area contributed by atoms with E-state index in [0.29, 0.717) is 24.0 Å². The summed E-state index contributed by atoms with van der Waals surface area (Å²) in [5.41, 5.74) is 7.28. The van der Waals surface area contributed by atoms with Gasteiger partial charge in [-0.1, -0.05) is 91.0 Å². The van der Waals surface area contributed by atoms with Gasteiger partial charge in [0.25, 0.3) is 0 Å². The minimum absolute atomic E-state index is 0.138. The van der Waals surface area contributed by atoms with E-state index in [9.17, 15) is 9.90 Å². The molecule has 6 rings (SSSR count). The molecule has 0 saturated heterocycles. The van der Waals surface area contributed by atoms with Crippen LogP contribution in [0.25, 0.3) is 11.2 Å². The number of hydrogen-bond acceptors (Lipinski definition) is 7. The average Bonchev–Trinajstić information content (AvgIpc) is 3.56. The highest BCUT2D eigenvalue weighted by Gasteiger charge is 2.50. The van der Waals surface area contributed by atoms with Crippen molar-refractivity contribution < 1.29 is 14.6 Å². The smallest absolute Gasteiger partial charge is 0.348 e. The van der Waals surface area contributed by atoms with Gasteiger partial charge in [0.1, 0.15) is 16.9 Å². The molecule has 1 fully saturated rings. The Morgan fingerprint density at radius 1 is 0.975 bits per heavy atom. The lowest BCUT2D eigenvalue weighted by molar-refractivity contribution is -0.0387. The molecule has 9 nitrogen and oxygen atoms in total. The van der Waals surface area contributed by atoms with Crippen molar-refractivity contribution >= 4 is 17.0 Å². The predicted molar refractivity (Wildman–Crippen MR) is 152 cm³/mol. The summed E-state index contributed by atoms with van der Waals surface area (Å²) in [6, 6.07) is 30.3. The molecule has 1 aliphatic rings. The Morgan fingerprint density at radius 3 is 2.02 bits per heavy atom. The highest BCUT2D eigenvalue weighted by Crippen LogP contribution is 2.45. The summed E-state index contributed by atoms with van der Waals surface area (Å²) in [5.74, 6) is 0.138. The molecule has 0 radical (unpaired) electrons. The lowest BCUT2D eigenvalue weighted by atomic mass is 9.79. The van der Waals surface area contributed by atoms with Crippen LogP contribution in [-0.4, -0.2) is 50.6 Å². The van der Waals surface area contributed by atoms with Gasteiger partial charge in [0.05, 0.1) is 30.7 Å². The SMILES string of the molecule is CO[C@@H]1C[C@](COC(c2ccccc2)(c2ccccc2)c2ccccc2)(n2cnc3c(N)[nH]c(=O)nc32)C[C@@H]1O. The molecular weight excluding hydrogens is 506 g/mol. The molecule has 1 aliphatic carbocycles. The van der Waals surface area contributed by atoms with Gasteiger partial charge in [-0.2, -0.15) is 4.98 Å². The first kappa shape index (κ1) is 25.9. The number of nitrogen functional groups attached to an aromatic ring is 1. The van der Waals surface area contributed by atoms with Gasteiger partial charge >= 0.3 is 5.69 Å². The van der Waals surface area contributed by atoms with Crippen LogP contribution < -0.4 is 11.4 Å². The summed E-state index contributed by atoms with van der Waals surface area (Å²) in [5, 5.41) is 11.1. The minimum Gasteiger partial charge on any atom is -0.390 e. The molecule has 5 aromatic rings. The van der Waals surface area contributed by atoms with Crippen molar-refractivity contribution in [3.05, 3.63) is 124 Å². The first-order valence-corrected chi connectivity index (χ1v) is 13.2. The molecule has 2 heterocycles. The molecule has 1 saturated carbocycles. The van der Waals surface area contributed by atoms with E-state index >= 15 is 0 Å². The van der Waals surface area contributed by atoms with Gasteiger partial charge in [-0.3, -0.25) is 4.98 Å². The number of aromatic amines is 1. The monoisotopic (exact) mass is 537 g/mol. The van der Waals surface area contributed by atoms with Crippen LogP contribution >= 0.6 is 0 Å². The zero-order valence-corrected chi connectivity index (χ0v) is 22.1. The number of aliphatic hydroxyl groups excluding tert-OH is 1. The van der Waals surface area contributed by atoms with Gasteiger partial charge in [0, 0.05) is 20.0 Å². The molecule has 2 aromatic heterocycles. The van der Waals surface area contributed by atoms with E-state index < -0.39 is 29.0 Å². The number of nitrogens with two attached hydrogens (primary N) is 1. The Hall–Kier alpha value is -4.31. The molecule has 3 aromatic carbocycles. The minimum atomic E-state index is -0.979. The molecule has 9 heteroatoms. The van der Waals surface area contributed by atoms with E-state index in [1.54, 1.807) is 13.4 Å². The second-order valence-electron chi connectivity index (χ2n) is 10.3. The van der Waals surface area contributed by atoms with E-state index in [1.165, 1.54) is 0 Å². The fraction of sp³-hybridized carbons (Fsp3) is 0.258. The Kier molecular flexibility index (Phi) is 6.71. The van der Waals surface area contributed by atoms with Crippen LogP contribution in [0.3, 0.4) is 0 Å². The number of rotatable bonds is 8. The average molecular weight is 538 g/mol. The molecule has 0 bridgehead atoms. The number of aliphatic hydroxyl groups is 1. The number of fused-ring (bicyclic) bond motifs is 1. The van der Waals surface area contributed by atoms with E-state index in [-0.39, 0.29) is 12.4 Å². The Labute approximate surface area is 231 Å². The third kappa shape index (κ3) is 4.28. The lowest BCUT2D eigenvalue weighted by Gasteiger charge is -2.40. The summed E-state index contributed by atoms with van der Waals surface area (Å²) < 4.78 is 14.7. The molecule has 3 atom stereocenters. The Morgan fingerprint density at radius 2 is 1.52 bits per heavy atom. The molecule has 0 aliphatic heterocycles. The first-order valence-electron chi connectivity index (χ1n) is 13.2. The maximum absolute atomic E-state index is 12.3. The Balaban J connectivity index is 1.54.